The fourth-order valence-corrected chi connectivity index (χ4v) is 6.64. The molecular formula is C23H24BN5S. The van der Waals surface area contributed by atoms with Gasteiger partial charge in [-0.2, -0.15) is 5.10 Å². The third-order valence-corrected chi connectivity index (χ3v) is 8.42. The van der Waals surface area contributed by atoms with Crippen molar-refractivity contribution in [1.82, 2.24) is 19.2 Å². The number of imidazole rings is 1. The molecule has 6 rings (SSSR count). The zero-order valence-corrected chi connectivity index (χ0v) is 18.2. The predicted molar refractivity (Wildman–Crippen MR) is 122 cm³/mol. The zero-order chi connectivity index (χ0) is 20.5. The molecule has 0 atom stereocenters. The Morgan fingerprint density at radius 2 is 2.00 bits per heavy atom. The van der Waals surface area contributed by atoms with Crippen LogP contribution in [-0.4, -0.2) is 25.9 Å². The van der Waals surface area contributed by atoms with Crippen molar-refractivity contribution in [1.29, 1.82) is 5.26 Å². The van der Waals surface area contributed by atoms with Crippen molar-refractivity contribution in [2.75, 3.05) is 0 Å². The van der Waals surface area contributed by atoms with Crippen molar-refractivity contribution in [2.45, 2.75) is 51.2 Å². The van der Waals surface area contributed by atoms with Gasteiger partial charge in [-0.05, 0) is 48.4 Å². The normalized spacial score (nSPS) is 18.9. The van der Waals surface area contributed by atoms with E-state index in [-0.39, 0.29) is 0 Å². The first kappa shape index (κ1) is 18.2. The maximum absolute atomic E-state index is 9.15. The summed E-state index contributed by atoms with van der Waals surface area (Å²) in [6, 6.07) is 4.46. The minimum absolute atomic E-state index is 0.292. The first-order valence-electron chi connectivity index (χ1n) is 10.8. The molecule has 0 unspecified atom stereocenters. The van der Waals surface area contributed by atoms with Gasteiger partial charge in [-0.3, -0.25) is 9.08 Å². The lowest BCUT2D eigenvalue weighted by Crippen LogP contribution is -2.40. The molecule has 3 aromatic heterocycles. The Morgan fingerprint density at radius 3 is 2.73 bits per heavy atom. The number of rotatable bonds is 2. The van der Waals surface area contributed by atoms with E-state index in [1.807, 2.05) is 11.7 Å². The van der Waals surface area contributed by atoms with Gasteiger partial charge in [0.25, 0.3) is 6.71 Å². The Balaban J connectivity index is 1.23. The van der Waals surface area contributed by atoms with Gasteiger partial charge in [-0.15, -0.1) is 0 Å². The molecule has 1 aromatic carbocycles. The molecule has 1 saturated carbocycles. The van der Waals surface area contributed by atoms with Gasteiger partial charge in [-0.1, -0.05) is 36.8 Å². The summed E-state index contributed by atoms with van der Waals surface area (Å²) in [5.74, 6) is 3.05. The summed E-state index contributed by atoms with van der Waals surface area (Å²) in [6.45, 7) is 2.42. The largest absolute Gasteiger partial charge is 0.297 e. The van der Waals surface area contributed by atoms with Crippen LogP contribution in [0, 0.1) is 23.6 Å². The molecule has 1 aliphatic heterocycles. The van der Waals surface area contributed by atoms with E-state index in [1.54, 1.807) is 11.3 Å². The van der Waals surface area contributed by atoms with Crippen LogP contribution in [0.25, 0.3) is 26.3 Å². The van der Waals surface area contributed by atoms with Gasteiger partial charge < -0.3 is 0 Å². The van der Waals surface area contributed by atoms with Gasteiger partial charge in [0.15, 0.2) is 4.96 Å². The molecule has 4 heterocycles. The number of aromatic nitrogens is 4. The third-order valence-electron chi connectivity index (χ3n) is 7.38. The zero-order valence-electron chi connectivity index (χ0n) is 17.4. The molecule has 0 N–H and O–H groups in total. The number of hydrogen-bond donors (Lipinski definition) is 0. The lowest BCUT2D eigenvalue weighted by atomic mass is 9.36. The van der Waals surface area contributed by atoms with Crippen LogP contribution in [0.1, 0.15) is 42.9 Å². The minimum Gasteiger partial charge on any atom is -0.297 e. The van der Waals surface area contributed by atoms with E-state index in [1.165, 1.54) is 52.8 Å². The summed E-state index contributed by atoms with van der Waals surface area (Å²) in [7, 11) is 1.97. The Labute approximate surface area is 180 Å². The van der Waals surface area contributed by atoms with Gasteiger partial charge in [0.2, 0.25) is 0 Å². The van der Waals surface area contributed by atoms with Crippen LogP contribution in [0.2, 0.25) is 12.6 Å². The summed E-state index contributed by atoms with van der Waals surface area (Å²) in [6.07, 6.45) is 13.7. The monoisotopic (exact) mass is 413 g/mol. The van der Waals surface area contributed by atoms with Crippen molar-refractivity contribution in [2.24, 2.45) is 12.5 Å². The van der Waals surface area contributed by atoms with E-state index < -0.39 is 0 Å². The van der Waals surface area contributed by atoms with Gasteiger partial charge in [-0.25, -0.2) is 10.2 Å². The van der Waals surface area contributed by atoms with Crippen LogP contribution in [0.3, 0.4) is 0 Å². The second kappa shape index (κ2) is 6.45. The number of benzene rings is 1. The van der Waals surface area contributed by atoms with E-state index >= 15 is 0 Å². The predicted octanol–water partition coefficient (Wildman–Crippen LogP) is 5.47. The Kier molecular flexibility index (Phi) is 3.92. The Hall–Kier alpha value is -2.59. The Morgan fingerprint density at radius 1 is 1.20 bits per heavy atom. The number of thiazole rings is 1. The summed E-state index contributed by atoms with van der Waals surface area (Å²) in [4.78, 5) is 7.32. The maximum Gasteiger partial charge on any atom is 0.267 e. The van der Waals surface area contributed by atoms with Gasteiger partial charge in [0.1, 0.15) is 0 Å². The smallest absolute Gasteiger partial charge is 0.267 e. The molecular weight excluding hydrogens is 389 g/mol. The van der Waals surface area contributed by atoms with Gasteiger partial charge in [0.05, 0.1) is 16.1 Å². The molecule has 2 aliphatic rings. The van der Waals surface area contributed by atoms with Gasteiger partial charge in [0, 0.05) is 42.9 Å². The number of aryl methyl sites for hydroxylation is 2. The number of nitrogens with zero attached hydrogens (tertiary/aromatic N) is 5. The summed E-state index contributed by atoms with van der Waals surface area (Å²) < 4.78 is 4.09. The molecule has 0 amide bonds. The molecule has 150 valence electrons. The van der Waals surface area contributed by atoms with Crippen molar-refractivity contribution >= 4 is 33.9 Å². The quantitative estimate of drug-likeness (QED) is 0.409. The average molecular weight is 413 g/mol. The van der Waals surface area contributed by atoms with Crippen LogP contribution < -0.4 is 0 Å². The third kappa shape index (κ3) is 2.81. The maximum atomic E-state index is 9.15. The van der Waals surface area contributed by atoms with Crippen LogP contribution in [-0.2, 0) is 7.05 Å². The SMILES string of the molecule is Cc1cc(-c2cn3cc(C4CC5(CCB(C#N)CC5)C4)nc3s2)cc2cn(C)nc12. The standard InChI is InChI=1S/C23H24BN5S/c1-15-7-16(8-17-11-28(2)27-21(15)17)20-13-29-12-19(26-22(29)30-20)18-9-23(10-18)3-5-24(14-25)6-4-23/h7-8,11-13,18H,3-6,9-10H2,1-2H3. The van der Waals surface area contributed by atoms with Crippen LogP contribution in [0.15, 0.2) is 30.7 Å². The number of hydrogen-bond acceptors (Lipinski definition) is 4. The van der Waals surface area contributed by atoms with Crippen molar-refractivity contribution < 1.29 is 0 Å². The lowest BCUT2D eigenvalue weighted by Gasteiger charge is -2.50. The molecule has 2 fully saturated rings. The van der Waals surface area contributed by atoms with Crippen molar-refractivity contribution in [3.63, 3.8) is 0 Å². The first-order chi connectivity index (χ1) is 14.5. The summed E-state index contributed by atoms with van der Waals surface area (Å²) in [5.41, 5.74) is 5.27. The highest BCUT2D eigenvalue weighted by molar-refractivity contribution is 7.20. The highest BCUT2D eigenvalue weighted by Gasteiger charge is 2.47. The number of fused-ring (bicyclic) bond motifs is 2. The fourth-order valence-electron chi connectivity index (χ4n) is 5.68. The molecule has 0 radical (unpaired) electrons. The summed E-state index contributed by atoms with van der Waals surface area (Å²) in [5, 5.41) is 14.9. The average Bonchev–Trinajstić information content (AvgIpc) is 3.38. The van der Waals surface area contributed by atoms with Crippen LogP contribution in [0.4, 0.5) is 0 Å². The summed E-state index contributed by atoms with van der Waals surface area (Å²) >= 11 is 1.77. The van der Waals surface area contributed by atoms with E-state index in [9.17, 15) is 0 Å². The second-order valence-corrected chi connectivity index (χ2v) is 10.5. The van der Waals surface area contributed by atoms with Crippen molar-refractivity contribution in [3.8, 4) is 16.4 Å². The molecule has 0 bridgehead atoms. The van der Waals surface area contributed by atoms with E-state index in [0.717, 1.165) is 23.1 Å². The van der Waals surface area contributed by atoms with Crippen LogP contribution >= 0.6 is 11.3 Å². The molecule has 1 aliphatic carbocycles. The first-order valence-corrected chi connectivity index (χ1v) is 11.7. The molecule has 1 spiro atoms. The fraction of sp³-hybridized carbons (Fsp3) is 0.435. The molecule has 1 saturated heterocycles. The van der Waals surface area contributed by atoms with E-state index in [0.29, 0.717) is 18.0 Å². The minimum atomic E-state index is 0.292. The van der Waals surface area contributed by atoms with E-state index in [2.05, 4.69) is 53.1 Å². The molecule has 7 heteroatoms. The lowest BCUT2D eigenvalue weighted by molar-refractivity contribution is 0.0826. The van der Waals surface area contributed by atoms with Gasteiger partial charge >= 0.3 is 0 Å². The van der Waals surface area contributed by atoms with E-state index in [4.69, 9.17) is 10.2 Å². The Bertz CT molecular complexity index is 1280. The number of nitriles is 1. The topological polar surface area (TPSA) is 58.9 Å². The van der Waals surface area contributed by atoms with Crippen LogP contribution in [0.5, 0.6) is 0 Å². The molecule has 5 nitrogen and oxygen atoms in total. The highest BCUT2D eigenvalue weighted by Crippen LogP contribution is 2.58. The molecule has 30 heavy (non-hydrogen) atoms. The highest BCUT2D eigenvalue weighted by atomic mass is 32.1. The van der Waals surface area contributed by atoms with Crippen molar-refractivity contribution in [3.05, 3.63) is 42.0 Å². The molecule has 4 aromatic rings. The second-order valence-electron chi connectivity index (χ2n) is 9.49.